The van der Waals surface area contributed by atoms with Crippen molar-refractivity contribution in [2.45, 2.75) is 6.54 Å². The third-order valence-electron chi connectivity index (χ3n) is 2.72. The van der Waals surface area contributed by atoms with Crippen LogP contribution in [-0.4, -0.2) is 14.5 Å². The first kappa shape index (κ1) is 11.5. The lowest BCUT2D eigenvalue weighted by molar-refractivity contribution is 0.947. The molecule has 4 nitrogen and oxygen atoms in total. The molecule has 0 saturated carbocycles. The van der Waals surface area contributed by atoms with Crippen molar-refractivity contribution >= 4 is 39.7 Å². The Kier molecular flexibility index (Phi) is 2.93. The molecule has 18 heavy (non-hydrogen) atoms. The molecule has 0 unspecified atom stereocenters. The second kappa shape index (κ2) is 4.59. The Morgan fingerprint density at radius 1 is 1.39 bits per heavy atom. The molecule has 0 fully saturated rings. The molecular formula is C12H11ClN4S. The van der Waals surface area contributed by atoms with Crippen molar-refractivity contribution in [2.75, 3.05) is 5.32 Å². The monoisotopic (exact) mass is 278 g/mol. The Bertz CT molecular complexity index is 688. The van der Waals surface area contributed by atoms with E-state index < -0.39 is 0 Å². The lowest BCUT2D eigenvalue weighted by Gasteiger charge is -2.05. The van der Waals surface area contributed by atoms with Gasteiger partial charge in [-0.2, -0.15) is 0 Å². The summed E-state index contributed by atoms with van der Waals surface area (Å²) in [5.41, 5.74) is 3.18. The van der Waals surface area contributed by atoms with E-state index in [1.54, 1.807) is 6.20 Å². The van der Waals surface area contributed by atoms with Crippen LogP contribution >= 0.6 is 22.9 Å². The molecule has 0 radical (unpaired) electrons. The Morgan fingerprint density at radius 2 is 2.28 bits per heavy atom. The average molecular weight is 279 g/mol. The molecule has 2 aromatic heterocycles. The van der Waals surface area contributed by atoms with Crippen LogP contribution in [0.1, 0.15) is 4.88 Å². The maximum absolute atomic E-state index is 5.79. The molecule has 0 spiro atoms. The van der Waals surface area contributed by atoms with Crippen molar-refractivity contribution in [1.29, 1.82) is 0 Å². The number of anilines is 1. The number of aryl methyl sites for hydroxylation is 1. The molecule has 92 valence electrons. The Balaban J connectivity index is 1.80. The number of fused-ring (bicyclic) bond motifs is 1. The first-order valence-electron chi connectivity index (χ1n) is 5.47. The lowest BCUT2D eigenvalue weighted by Crippen LogP contribution is -1.97. The summed E-state index contributed by atoms with van der Waals surface area (Å²) in [6, 6.07) is 6.13. The van der Waals surface area contributed by atoms with Crippen molar-refractivity contribution in [3.8, 4) is 0 Å². The second-order valence-corrected chi connectivity index (χ2v) is 5.69. The molecule has 3 aromatic rings. The summed E-state index contributed by atoms with van der Waals surface area (Å²) in [6.45, 7) is 0.730. The van der Waals surface area contributed by atoms with Gasteiger partial charge in [-0.15, -0.1) is 11.3 Å². The van der Waals surface area contributed by atoms with Crippen molar-refractivity contribution in [2.24, 2.45) is 7.05 Å². The molecule has 1 aromatic carbocycles. The number of aromatic nitrogens is 3. The SMILES string of the molecule is Cn1cnc2ccc(NCc3cnc(Cl)s3)cc21. The molecule has 0 saturated heterocycles. The number of thiazole rings is 1. The van der Waals surface area contributed by atoms with Crippen LogP contribution in [0.5, 0.6) is 0 Å². The molecule has 0 atom stereocenters. The van der Waals surface area contributed by atoms with Crippen LogP contribution in [0.2, 0.25) is 4.47 Å². The number of rotatable bonds is 3. The van der Waals surface area contributed by atoms with Gasteiger partial charge in [-0.1, -0.05) is 11.6 Å². The van der Waals surface area contributed by atoms with E-state index in [-0.39, 0.29) is 0 Å². The molecule has 6 heteroatoms. The standard InChI is InChI=1S/C12H11ClN4S/c1-17-7-16-10-3-2-8(4-11(10)17)14-5-9-6-15-12(13)18-9/h2-4,6-7,14H,5H2,1H3. The maximum atomic E-state index is 5.79. The fourth-order valence-corrected chi connectivity index (χ4v) is 2.71. The van der Waals surface area contributed by atoms with Gasteiger partial charge in [0.2, 0.25) is 0 Å². The van der Waals surface area contributed by atoms with Crippen LogP contribution in [0.4, 0.5) is 5.69 Å². The molecule has 0 aliphatic heterocycles. The number of hydrogen-bond donors (Lipinski definition) is 1. The van der Waals surface area contributed by atoms with Gasteiger partial charge in [0.15, 0.2) is 4.47 Å². The summed E-state index contributed by atoms with van der Waals surface area (Å²) in [6.07, 6.45) is 3.61. The highest BCUT2D eigenvalue weighted by Crippen LogP contribution is 2.21. The van der Waals surface area contributed by atoms with Gasteiger partial charge in [0, 0.05) is 23.8 Å². The molecular weight excluding hydrogens is 268 g/mol. The second-order valence-electron chi connectivity index (χ2n) is 3.99. The summed E-state index contributed by atoms with van der Waals surface area (Å²) in [7, 11) is 1.99. The van der Waals surface area contributed by atoms with Crippen LogP contribution in [0, 0.1) is 0 Å². The Labute approximate surface area is 113 Å². The number of hydrogen-bond acceptors (Lipinski definition) is 4. The van der Waals surface area contributed by atoms with E-state index in [1.807, 2.05) is 30.1 Å². The largest absolute Gasteiger partial charge is 0.380 e. The minimum atomic E-state index is 0.578. The first-order chi connectivity index (χ1) is 8.72. The Morgan fingerprint density at radius 3 is 3.06 bits per heavy atom. The zero-order valence-electron chi connectivity index (χ0n) is 9.72. The van der Waals surface area contributed by atoms with E-state index >= 15 is 0 Å². The predicted octanol–water partition coefficient (Wildman–Crippen LogP) is 3.30. The highest BCUT2D eigenvalue weighted by Gasteiger charge is 2.02. The normalized spacial score (nSPS) is 11.0. The zero-order chi connectivity index (χ0) is 12.5. The van der Waals surface area contributed by atoms with Crippen LogP contribution < -0.4 is 5.32 Å². The smallest absolute Gasteiger partial charge is 0.183 e. The zero-order valence-corrected chi connectivity index (χ0v) is 11.3. The summed E-state index contributed by atoms with van der Waals surface area (Å²) >= 11 is 7.28. The van der Waals surface area contributed by atoms with E-state index in [0.717, 1.165) is 28.1 Å². The van der Waals surface area contributed by atoms with Crippen LogP contribution in [0.3, 0.4) is 0 Å². The van der Waals surface area contributed by atoms with Crippen LogP contribution in [-0.2, 0) is 13.6 Å². The molecule has 0 bridgehead atoms. The van der Waals surface area contributed by atoms with Crippen LogP contribution in [0.15, 0.2) is 30.7 Å². The maximum Gasteiger partial charge on any atom is 0.183 e. The quantitative estimate of drug-likeness (QED) is 0.799. The van der Waals surface area contributed by atoms with E-state index in [0.29, 0.717) is 4.47 Å². The van der Waals surface area contributed by atoms with Gasteiger partial charge >= 0.3 is 0 Å². The molecule has 1 N–H and O–H groups in total. The summed E-state index contributed by atoms with van der Waals surface area (Å²) in [5, 5.41) is 3.35. The predicted molar refractivity (Wildman–Crippen MR) is 75.2 cm³/mol. The van der Waals surface area contributed by atoms with Gasteiger partial charge in [0.1, 0.15) is 0 Å². The first-order valence-corrected chi connectivity index (χ1v) is 6.67. The summed E-state index contributed by atoms with van der Waals surface area (Å²) < 4.78 is 2.58. The van der Waals surface area contributed by atoms with E-state index in [2.05, 4.69) is 21.4 Å². The molecule has 0 aliphatic carbocycles. The van der Waals surface area contributed by atoms with E-state index in [4.69, 9.17) is 11.6 Å². The third-order valence-corrected chi connectivity index (χ3v) is 3.83. The van der Waals surface area contributed by atoms with Gasteiger partial charge in [0.25, 0.3) is 0 Å². The number of imidazole rings is 1. The molecule has 3 rings (SSSR count). The number of nitrogens with zero attached hydrogens (tertiary/aromatic N) is 3. The topological polar surface area (TPSA) is 42.7 Å². The highest BCUT2D eigenvalue weighted by molar-refractivity contribution is 7.15. The lowest BCUT2D eigenvalue weighted by atomic mass is 10.2. The fraction of sp³-hybridized carbons (Fsp3) is 0.167. The van der Waals surface area contributed by atoms with Crippen LogP contribution in [0.25, 0.3) is 11.0 Å². The molecule has 2 heterocycles. The number of nitrogens with one attached hydrogen (secondary N) is 1. The van der Waals surface area contributed by atoms with Gasteiger partial charge in [0.05, 0.1) is 23.9 Å². The van der Waals surface area contributed by atoms with E-state index in [9.17, 15) is 0 Å². The van der Waals surface area contributed by atoms with Crippen molar-refractivity contribution in [3.05, 3.63) is 40.1 Å². The van der Waals surface area contributed by atoms with Gasteiger partial charge in [-0.3, -0.25) is 0 Å². The minimum absolute atomic E-state index is 0.578. The average Bonchev–Trinajstić information content (AvgIpc) is 2.94. The number of benzene rings is 1. The van der Waals surface area contributed by atoms with Crippen molar-refractivity contribution in [1.82, 2.24) is 14.5 Å². The summed E-state index contributed by atoms with van der Waals surface area (Å²) in [5.74, 6) is 0. The van der Waals surface area contributed by atoms with Crippen molar-refractivity contribution < 1.29 is 0 Å². The van der Waals surface area contributed by atoms with E-state index in [1.165, 1.54) is 11.3 Å². The number of halogens is 1. The van der Waals surface area contributed by atoms with Gasteiger partial charge in [-0.25, -0.2) is 9.97 Å². The third kappa shape index (κ3) is 2.19. The summed E-state index contributed by atoms with van der Waals surface area (Å²) in [4.78, 5) is 9.42. The fourth-order valence-electron chi connectivity index (χ4n) is 1.79. The molecule has 0 amide bonds. The van der Waals surface area contributed by atoms with Crippen molar-refractivity contribution in [3.63, 3.8) is 0 Å². The highest BCUT2D eigenvalue weighted by atomic mass is 35.5. The molecule has 0 aliphatic rings. The van der Waals surface area contributed by atoms with Gasteiger partial charge in [-0.05, 0) is 18.2 Å². The minimum Gasteiger partial charge on any atom is -0.380 e. The Hall–Kier alpha value is -1.59. The van der Waals surface area contributed by atoms with Gasteiger partial charge < -0.3 is 9.88 Å².